The van der Waals surface area contributed by atoms with Gasteiger partial charge < -0.3 is 10.1 Å². The van der Waals surface area contributed by atoms with Crippen LogP contribution >= 0.6 is 0 Å². The first-order valence-corrected chi connectivity index (χ1v) is 7.76. The van der Waals surface area contributed by atoms with Crippen LogP contribution in [0.3, 0.4) is 0 Å². The molecule has 0 bridgehead atoms. The summed E-state index contributed by atoms with van der Waals surface area (Å²) in [6.07, 6.45) is 5.55. The third-order valence-corrected chi connectivity index (χ3v) is 3.27. The van der Waals surface area contributed by atoms with Gasteiger partial charge in [-0.05, 0) is 25.8 Å². The molecule has 0 aliphatic rings. The van der Waals surface area contributed by atoms with Gasteiger partial charge in [-0.2, -0.15) is 0 Å². The molecule has 1 atom stereocenters. The summed E-state index contributed by atoms with van der Waals surface area (Å²) in [6, 6.07) is 5.32. The number of benzene rings is 1. The van der Waals surface area contributed by atoms with E-state index in [0.29, 0.717) is 18.4 Å². The zero-order valence-electron chi connectivity index (χ0n) is 13.2. The summed E-state index contributed by atoms with van der Waals surface area (Å²) < 4.78 is 5.49. The van der Waals surface area contributed by atoms with Gasteiger partial charge in [0.05, 0.1) is 11.5 Å². The van der Waals surface area contributed by atoms with Crippen molar-refractivity contribution in [3.8, 4) is 5.75 Å². The lowest BCUT2D eigenvalue weighted by molar-refractivity contribution is -0.385. The molecular weight excluding hydrogens is 268 g/mol. The van der Waals surface area contributed by atoms with Crippen molar-refractivity contribution in [2.45, 2.75) is 58.9 Å². The van der Waals surface area contributed by atoms with Gasteiger partial charge in [0, 0.05) is 23.9 Å². The molecule has 0 amide bonds. The number of ether oxygens (including phenoxy) is 1. The fourth-order valence-electron chi connectivity index (χ4n) is 2.14. The zero-order valence-corrected chi connectivity index (χ0v) is 13.2. The highest BCUT2D eigenvalue weighted by molar-refractivity contribution is 5.58. The fourth-order valence-corrected chi connectivity index (χ4v) is 2.14. The number of rotatable bonds is 10. The van der Waals surface area contributed by atoms with Gasteiger partial charge in [0.2, 0.25) is 0 Å². The third-order valence-electron chi connectivity index (χ3n) is 3.27. The highest BCUT2D eigenvalue weighted by atomic mass is 16.6. The average molecular weight is 294 g/mol. The maximum Gasteiger partial charge on any atom is 0.311 e. The number of nitrogens with zero attached hydrogens (tertiary/aromatic N) is 1. The van der Waals surface area contributed by atoms with Crippen LogP contribution in [0.1, 0.15) is 52.9 Å². The molecule has 0 fully saturated rings. The molecule has 0 aromatic heterocycles. The molecule has 0 aliphatic carbocycles. The average Bonchev–Trinajstić information content (AvgIpc) is 2.45. The molecule has 0 saturated heterocycles. The first-order chi connectivity index (χ1) is 10.1. The number of nitro benzene ring substituents is 1. The van der Waals surface area contributed by atoms with Crippen LogP contribution in [0.2, 0.25) is 0 Å². The molecule has 118 valence electrons. The monoisotopic (exact) mass is 294 g/mol. The molecule has 0 heterocycles. The van der Waals surface area contributed by atoms with E-state index >= 15 is 0 Å². The van der Waals surface area contributed by atoms with E-state index in [1.165, 1.54) is 25.3 Å². The number of hydrogen-bond acceptors (Lipinski definition) is 4. The zero-order chi connectivity index (χ0) is 15.7. The predicted molar refractivity (Wildman–Crippen MR) is 86.1 cm³/mol. The molecule has 0 aliphatic heterocycles. The molecule has 1 rings (SSSR count). The van der Waals surface area contributed by atoms with Gasteiger partial charge >= 0.3 is 5.69 Å². The largest absolute Gasteiger partial charge is 0.487 e. The van der Waals surface area contributed by atoms with Crippen LogP contribution in [0.15, 0.2) is 18.2 Å². The van der Waals surface area contributed by atoms with Crippen LogP contribution in [0.4, 0.5) is 11.4 Å². The normalized spacial score (nSPS) is 12.0. The van der Waals surface area contributed by atoms with Gasteiger partial charge in [-0.15, -0.1) is 0 Å². The molecule has 21 heavy (non-hydrogen) atoms. The van der Waals surface area contributed by atoms with Crippen molar-refractivity contribution in [1.29, 1.82) is 0 Å². The van der Waals surface area contributed by atoms with Crippen molar-refractivity contribution in [2.24, 2.45) is 0 Å². The van der Waals surface area contributed by atoms with E-state index in [0.717, 1.165) is 18.5 Å². The van der Waals surface area contributed by atoms with Gasteiger partial charge in [0.15, 0.2) is 5.75 Å². The van der Waals surface area contributed by atoms with Gasteiger partial charge in [-0.1, -0.05) is 33.1 Å². The van der Waals surface area contributed by atoms with Crippen LogP contribution in [-0.4, -0.2) is 17.6 Å². The highest BCUT2D eigenvalue weighted by Crippen LogP contribution is 2.30. The van der Waals surface area contributed by atoms with Crippen LogP contribution in [-0.2, 0) is 0 Å². The Balaban J connectivity index is 2.72. The smallest absolute Gasteiger partial charge is 0.311 e. The molecule has 1 aromatic rings. The summed E-state index contributed by atoms with van der Waals surface area (Å²) in [4.78, 5) is 10.6. The first kappa shape index (κ1) is 17.3. The number of nitro groups is 1. The molecule has 1 N–H and O–H groups in total. The van der Waals surface area contributed by atoms with Crippen LogP contribution in [0.5, 0.6) is 5.75 Å². The van der Waals surface area contributed by atoms with E-state index in [1.54, 1.807) is 12.1 Å². The minimum atomic E-state index is -0.403. The van der Waals surface area contributed by atoms with Crippen molar-refractivity contribution in [2.75, 3.05) is 11.9 Å². The SMILES string of the molecule is CCCCCC(C)Nc1ccc([N+](=O)[O-])c(OCCC)c1. The van der Waals surface area contributed by atoms with Crippen molar-refractivity contribution in [3.05, 3.63) is 28.3 Å². The standard InChI is InChI=1S/C16H26N2O3/c1-4-6-7-8-13(3)17-14-9-10-15(18(19)20)16(12-14)21-11-5-2/h9-10,12-13,17H,4-8,11H2,1-3H3. The topological polar surface area (TPSA) is 64.4 Å². The second-order valence-electron chi connectivity index (χ2n) is 5.33. The Morgan fingerprint density at radius 1 is 1.29 bits per heavy atom. The molecule has 0 spiro atoms. The van der Waals surface area contributed by atoms with E-state index < -0.39 is 4.92 Å². The second-order valence-corrected chi connectivity index (χ2v) is 5.33. The molecule has 1 unspecified atom stereocenters. The Morgan fingerprint density at radius 3 is 2.67 bits per heavy atom. The van der Waals surface area contributed by atoms with E-state index in [4.69, 9.17) is 4.74 Å². The molecule has 0 radical (unpaired) electrons. The van der Waals surface area contributed by atoms with Gasteiger partial charge in [-0.3, -0.25) is 10.1 Å². The molecule has 1 aromatic carbocycles. The Kier molecular flexibility index (Phi) is 7.58. The van der Waals surface area contributed by atoms with Gasteiger partial charge in [-0.25, -0.2) is 0 Å². The Bertz CT molecular complexity index is 449. The maximum atomic E-state index is 11.0. The third kappa shape index (κ3) is 6.02. The number of nitrogens with one attached hydrogen (secondary N) is 1. The summed E-state index contributed by atoms with van der Waals surface area (Å²) in [6.45, 7) is 6.77. The lowest BCUT2D eigenvalue weighted by Crippen LogP contribution is -2.15. The van der Waals surface area contributed by atoms with Gasteiger partial charge in [0.1, 0.15) is 0 Å². The number of unbranched alkanes of at least 4 members (excludes halogenated alkanes) is 2. The molecular formula is C16H26N2O3. The summed E-state index contributed by atoms with van der Waals surface area (Å²) in [5.74, 6) is 0.340. The summed E-state index contributed by atoms with van der Waals surface area (Å²) in [5, 5.41) is 14.4. The lowest BCUT2D eigenvalue weighted by Gasteiger charge is -2.16. The van der Waals surface area contributed by atoms with Crippen LogP contribution in [0, 0.1) is 10.1 Å². The predicted octanol–water partition coefficient (Wildman–Crippen LogP) is 4.76. The molecule has 5 nitrogen and oxygen atoms in total. The minimum absolute atomic E-state index is 0.0210. The highest BCUT2D eigenvalue weighted by Gasteiger charge is 2.16. The van der Waals surface area contributed by atoms with Crippen LogP contribution in [0.25, 0.3) is 0 Å². The van der Waals surface area contributed by atoms with E-state index in [1.807, 2.05) is 6.92 Å². The Morgan fingerprint density at radius 2 is 2.05 bits per heavy atom. The minimum Gasteiger partial charge on any atom is -0.487 e. The van der Waals surface area contributed by atoms with Crippen molar-refractivity contribution >= 4 is 11.4 Å². The van der Waals surface area contributed by atoms with E-state index in [-0.39, 0.29) is 5.69 Å². The number of anilines is 1. The van der Waals surface area contributed by atoms with Crippen molar-refractivity contribution in [3.63, 3.8) is 0 Å². The quantitative estimate of drug-likeness (QED) is 0.384. The Labute approximate surface area is 126 Å². The van der Waals surface area contributed by atoms with Crippen molar-refractivity contribution < 1.29 is 9.66 Å². The maximum absolute atomic E-state index is 11.0. The van der Waals surface area contributed by atoms with Crippen LogP contribution < -0.4 is 10.1 Å². The van der Waals surface area contributed by atoms with Crippen molar-refractivity contribution in [1.82, 2.24) is 0 Å². The van der Waals surface area contributed by atoms with E-state index in [2.05, 4.69) is 19.2 Å². The summed E-state index contributed by atoms with van der Waals surface area (Å²) >= 11 is 0. The first-order valence-electron chi connectivity index (χ1n) is 7.76. The van der Waals surface area contributed by atoms with Gasteiger partial charge in [0.25, 0.3) is 0 Å². The number of hydrogen-bond donors (Lipinski definition) is 1. The summed E-state index contributed by atoms with van der Waals surface area (Å²) in [7, 11) is 0. The lowest BCUT2D eigenvalue weighted by atomic mass is 10.1. The summed E-state index contributed by atoms with van der Waals surface area (Å²) in [5.41, 5.74) is 0.892. The molecule has 5 heteroatoms. The Hall–Kier alpha value is -1.78. The van der Waals surface area contributed by atoms with E-state index in [9.17, 15) is 10.1 Å². The fraction of sp³-hybridized carbons (Fsp3) is 0.625. The second kappa shape index (κ2) is 9.21. The molecule has 0 saturated carbocycles.